The van der Waals surface area contributed by atoms with Crippen LogP contribution < -0.4 is 5.32 Å². The van der Waals surface area contributed by atoms with Crippen molar-refractivity contribution in [3.05, 3.63) is 35.9 Å². The minimum atomic E-state index is -0.0896. The highest BCUT2D eigenvalue weighted by Gasteiger charge is 2.40. The van der Waals surface area contributed by atoms with Gasteiger partial charge in [-0.2, -0.15) is 0 Å². The van der Waals surface area contributed by atoms with Gasteiger partial charge in [-0.1, -0.05) is 36.8 Å². The lowest BCUT2D eigenvalue weighted by Crippen LogP contribution is -2.36. The molecule has 0 bridgehead atoms. The molecule has 1 aliphatic carbocycles. The van der Waals surface area contributed by atoms with Crippen LogP contribution in [0.3, 0.4) is 0 Å². The Hall–Kier alpha value is -1.06. The monoisotopic (exact) mass is 281 g/mol. The Kier molecular flexibility index (Phi) is 4.83. The number of esters is 1. The highest BCUT2D eigenvalue weighted by Crippen LogP contribution is 2.34. The van der Waals surface area contributed by atoms with E-state index in [4.69, 9.17) is 4.74 Å². The predicted molar refractivity (Wildman–Crippen MR) is 76.2 cm³/mol. The number of carbonyl (C=O) groups excluding carboxylic acids is 1. The fourth-order valence-electron chi connectivity index (χ4n) is 3.16. The molecule has 0 radical (unpaired) electrons. The summed E-state index contributed by atoms with van der Waals surface area (Å²) in [6.07, 6.45) is 4.74. The van der Waals surface area contributed by atoms with Crippen LogP contribution in [0.15, 0.2) is 30.3 Å². The minimum Gasteiger partial charge on any atom is -0.460 e. The summed E-state index contributed by atoms with van der Waals surface area (Å²) >= 11 is 0. The topological polar surface area (TPSA) is 38.3 Å². The first-order valence-corrected chi connectivity index (χ1v) is 6.79. The Balaban J connectivity index is 0.00000133. The summed E-state index contributed by atoms with van der Waals surface area (Å²) in [6.45, 7) is 0.382. The van der Waals surface area contributed by atoms with Crippen molar-refractivity contribution in [3.63, 3.8) is 0 Å². The molecule has 1 saturated heterocycles. The van der Waals surface area contributed by atoms with Crippen LogP contribution in [0.2, 0.25) is 0 Å². The van der Waals surface area contributed by atoms with Crippen LogP contribution in [-0.4, -0.2) is 18.1 Å². The molecule has 1 aromatic rings. The Bertz CT molecular complexity index is 411. The molecule has 2 fully saturated rings. The molecule has 3 rings (SSSR count). The quantitative estimate of drug-likeness (QED) is 0.866. The van der Waals surface area contributed by atoms with Gasteiger partial charge in [0.05, 0.1) is 0 Å². The van der Waals surface area contributed by atoms with Gasteiger partial charge in [0.25, 0.3) is 0 Å². The van der Waals surface area contributed by atoms with Crippen LogP contribution in [0.5, 0.6) is 0 Å². The van der Waals surface area contributed by atoms with Gasteiger partial charge < -0.3 is 10.1 Å². The van der Waals surface area contributed by atoms with E-state index in [-0.39, 0.29) is 24.4 Å². The lowest BCUT2D eigenvalue weighted by atomic mass is 10.0. The van der Waals surface area contributed by atoms with E-state index in [0.29, 0.717) is 18.6 Å². The van der Waals surface area contributed by atoms with Crippen molar-refractivity contribution in [3.8, 4) is 0 Å². The second-order valence-electron chi connectivity index (χ2n) is 5.35. The van der Waals surface area contributed by atoms with Crippen LogP contribution in [0.4, 0.5) is 0 Å². The fourth-order valence-corrected chi connectivity index (χ4v) is 3.16. The largest absolute Gasteiger partial charge is 0.460 e. The first-order chi connectivity index (χ1) is 8.83. The SMILES string of the molecule is Cl.O=C(OCc1ccccc1)[C@@H]1C[C@@H]2CCC[C@H]2N1. The molecule has 3 nitrogen and oxygen atoms in total. The molecule has 104 valence electrons. The van der Waals surface area contributed by atoms with E-state index >= 15 is 0 Å². The van der Waals surface area contributed by atoms with Crippen molar-refractivity contribution in [2.45, 2.75) is 44.4 Å². The first kappa shape index (κ1) is 14.4. The van der Waals surface area contributed by atoms with E-state index < -0.39 is 0 Å². The van der Waals surface area contributed by atoms with E-state index in [2.05, 4.69) is 5.32 Å². The van der Waals surface area contributed by atoms with Gasteiger partial charge in [-0.15, -0.1) is 12.4 Å². The summed E-state index contributed by atoms with van der Waals surface area (Å²) in [6, 6.07) is 10.3. The number of hydrogen-bond donors (Lipinski definition) is 1. The maximum atomic E-state index is 12.0. The summed E-state index contributed by atoms with van der Waals surface area (Å²) in [7, 11) is 0. The third-order valence-electron chi connectivity index (χ3n) is 4.12. The molecule has 19 heavy (non-hydrogen) atoms. The van der Waals surface area contributed by atoms with Gasteiger partial charge in [0.15, 0.2) is 0 Å². The summed E-state index contributed by atoms with van der Waals surface area (Å²) < 4.78 is 5.38. The number of hydrogen-bond acceptors (Lipinski definition) is 3. The molecular formula is C15H20ClNO2. The van der Waals surface area contributed by atoms with Gasteiger partial charge in [0.2, 0.25) is 0 Å². The average molecular weight is 282 g/mol. The maximum absolute atomic E-state index is 12.0. The van der Waals surface area contributed by atoms with Crippen LogP contribution in [-0.2, 0) is 16.1 Å². The van der Waals surface area contributed by atoms with E-state index in [0.717, 1.165) is 12.0 Å². The van der Waals surface area contributed by atoms with Crippen molar-refractivity contribution < 1.29 is 9.53 Å². The minimum absolute atomic E-state index is 0. The zero-order valence-corrected chi connectivity index (χ0v) is 11.7. The second-order valence-corrected chi connectivity index (χ2v) is 5.35. The third kappa shape index (κ3) is 3.28. The van der Waals surface area contributed by atoms with Crippen LogP contribution in [0.1, 0.15) is 31.2 Å². The zero-order chi connectivity index (χ0) is 12.4. The molecule has 1 aliphatic heterocycles. The molecule has 0 unspecified atom stereocenters. The molecule has 4 heteroatoms. The van der Waals surface area contributed by atoms with Crippen LogP contribution >= 0.6 is 12.4 Å². The number of carbonyl (C=O) groups is 1. The van der Waals surface area contributed by atoms with Crippen molar-refractivity contribution in [2.75, 3.05) is 0 Å². The lowest BCUT2D eigenvalue weighted by molar-refractivity contribution is -0.147. The van der Waals surface area contributed by atoms with E-state index in [1.54, 1.807) is 0 Å². The number of rotatable bonds is 3. The average Bonchev–Trinajstić information content (AvgIpc) is 2.98. The second kappa shape index (κ2) is 6.40. The summed E-state index contributed by atoms with van der Waals surface area (Å²) in [5.41, 5.74) is 1.05. The van der Waals surface area contributed by atoms with Crippen LogP contribution in [0.25, 0.3) is 0 Å². The third-order valence-corrected chi connectivity index (χ3v) is 4.12. The van der Waals surface area contributed by atoms with Crippen molar-refractivity contribution in [1.29, 1.82) is 0 Å². The molecule has 3 atom stereocenters. The number of halogens is 1. The maximum Gasteiger partial charge on any atom is 0.323 e. The smallest absolute Gasteiger partial charge is 0.323 e. The number of nitrogens with one attached hydrogen (secondary N) is 1. The van der Waals surface area contributed by atoms with Gasteiger partial charge in [-0.25, -0.2) is 0 Å². The summed E-state index contributed by atoms with van der Waals surface area (Å²) in [5, 5.41) is 3.41. The highest BCUT2D eigenvalue weighted by molar-refractivity contribution is 5.85. The van der Waals surface area contributed by atoms with Crippen molar-refractivity contribution in [1.82, 2.24) is 5.32 Å². The number of fused-ring (bicyclic) bond motifs is 1. The highest BCUT2D eigenvalue weighted by atomic mass is 35.5. The van der Waals surface area contributed by atoms with Gasteiger partial charge >= 0.3 is 5.97 Å². The standard InChI is InChI=1S/C15H19NO2.ClH/c17-15(18-10-11-5-2-1-3-6-11)14-9-12-7-4-8-13(12)16-14;/h1-3,5-6,12-14,16H,4,7-10H2;1H/t12-,13+,14-;/m0./s1. The lowest BCUT2D eigenvalue weighted by Gasteiger charge is -2.12. The van der Waals surface area contributed by atoms with Crippen molar-refractivity contribution >= 4 is 18.4 Å². The van der Waals surface area contributed by atoms with Gasteiger partial charge in [0.1, 0.15) is 12.6 Å². The molecule has 1 N–H and O–H groups in total. The first-order valence-electron chi connectivity index (χ1n) is 6.79. The Labute approximate surface area is 120 Å². The van der Waals surface area contributed by atoms with Gasteiger partial charge in [-0.3, -0.25) is 4.79 Å². The molecule has 1 aromatic carbocycles. The number of ether oxygens (including phenoxy) is 1. The summed E-state index contributed by atoms with van der Waals surface area (Å²) in [4.78, 5) is 12.0. The molecule has 1 saturated carbocycles. The Morgan fingerprint density at radius 3 is 2.79 bits per heavy atom. The van der Waals surface area contributed by atoms with E-state index in [9.17, 15) is 4.79 Å². The summed E-state index contributed by atoms with van der Waals surface area (Å²) in [5.74, 6) is 0.604. The van der Waals surface area contributed by atoms with Gasteiger partial charge in [0, 0.05) is 6.04 Å². The van der Waals surface area contributed by atoms with Gasteiger partial charge in [-0.05, 0) is 30.7 Å². The molecule has 0 aromatic heterocycles. The van der Waals surface area contributed by atoms with E-state index in [1.807, 2.05) is 30.3 Å². The molecule has 2 aliphatic rings. The predicted octanol–water partition coefficient (Wildman–Crippen LogP) is 2.68. The fraction of sp³-hybridized carbons (Fsp3) is 0.533. The Morgan fingerprint density at radius 2 is 2.05 bits per heavy atom. The zero-order valence-electron chi connectivity index (χ0n) is 10.9. The molecule has 0 spiro atoms. The molecule has 1 heterocycles. The number of benzene rings is 1. The molecular weight excluding hydrogens is 262 g/mol. The van der Waals surface area contributed by atoms with Crippen molar-refractivity contribution in [2.24, 2.45) is 5.92 Å². The normalized spacial score (nSPS) is 28.5. The Morgan fingerprint density at radius 1 is 1.26 bits per heavy atom. The van der Waals surface area contributed by atoms with Crippen LogP contribution in [0, 0.1) is 5.92 Å². The van der Waals surface area contributed by atoms with E-state index in [1.165, 1.54) is 19.3 Å². The molecule has 0 amide bonds.